The third-order valence-electron chi connectivity index (χ3n) is 6.17. The van der Waals surface area contributed by atoms with E-state index in [1.54, 1.807) is 0 Å². The van der Waals surface area contributed by atoms with E-state index in [1.165, 1.54) is 0 Å². The molecular formula is C28H38O18S. The largest absolute Gasteiger partial charge is 0.463 e. The van der Waals surface area contributed by atoms with E-state index in [-0.39, 0.29) is 0 Å². The average Bonchev–Trinajstić information content (AvgIpc) is 2.91. The van der Waals surface area contributed by atoms with Gasteiger partial charge in [-0.15, -0.1) is 11.8 Å². The summed E-state index contributed by atoms with van der Waals surface area (Å²) in [5, 5.41) is -1.35. The van der Waals surface area contributed by atoms with Crippen LogP contribution in [0, 0.1) is 0 Å². The summed E-state index contributed by atoms with van der Waals surface area (Å²) in [5.41, 5.74) is -1.44. The predicted molar refractivity (Wildman–Crippen MR) is 152 cm³/mol. The molecule has 47 heavy (non-hydrogen) atoms. The summed E-state index contributed by atoms with van der Waals surface area (Å²) in [4.78, 5) is 96.6. The van der Waals surface area contributed by atoms with Crippen LogP contribution in [0.15, 0.2) is 0 Å². The van der Waals surface area contributed by atoms with Gasteiger partial charge in [0.15, 0.2) is 30.5 Å². The lowest BCUT2D eigenvalue weighted by Gasteiger charge is -2.48. The zero-order valence-corrected chi connectivity index (χ0v) is 27.8. The highest BCUT2D eigenvalue weighted by Crippen LogP contribution is 2.42. The van der Waals surface area contributed by atoms with Crippen LogP contribution in [0.3, 0.4) is 0 Å². The number of esters is 8. The van der Waals surface area contributed by atoms with E-state index < -0.39 is 121 Å². The molecule has 2 fully saturated rings. The summed E-state index contributed by atoms with van der Waals surface area (Å²) < 4.78 is 54.9. The van der Waals surface area contributed by atoms with Crippen molar-refractivity contribution in [1.82, 2.24) is 0 Å². The minimum Gasteiger partial charge on any atom is -0.463 e. The van der Waals surface area contributed by atoms with E-state index in [1.807, 2.05) is 0 Å². The summed E-state index contributed by atoms with van der Waals surface area (Å²) in [5.74, 6) is -6.63. The molecule has 2 rings (SSSR count). The minimum atomic E-state index is -1.61. The van der Waals surface area contributed by atoms with Crippen molar-refractivity contribution in [3.05, 3.63) is 0 Å². The fraction of sp³-hybridized carbons (Fsp3) is 0.714. The van der Waals surface area contributed by atoms with E-state index >= 15 is 0 Å². The highest BCUT2D eigenvalue weighted by Gasteiger charge is 2.57. The van der Waals surface area contributed by atoms with Crippen molar-refractivity contribution in [2.45, 2.75) is 115 Å². The van der Waals surface area contributed by atoms with E-state index in [0.717, 1.165) is 55.4 Å². The van der Waals surface area contributed by atoms with Crippen LogP contribution in [0.25, 0.3) is 0 Å². The molecule has 0 aliphatic carbocycles. The summed E-state index contributed by atoms with van der Waals surface area (Å²) in [6, 6.07) is 0. The SMILES string of the molecule is CC(=O)OC[C@H]1O[C@H](S[C@H]2[C@H](OC(C)=O)O[C@H](COC(C)=O)[C@@H](OC(C)=O)[C@@H]2OC(C)=O)[C@H](OC(C)=O)[C@@H](OC(C)=O)[C@@H]1OC(C)=O. The first-order chi connectivity index (χ1) is 21.9. The lowest BCUT2D eigenvalue weighted by Crippen LogP contribution is -2.64. The first kappa shape index (κ1) is 39.2. The molecule has 2 aliphatic heterocycles. The van der Waals surface area contributed by atoms with E-state index in [9.17, 15) is 38.4 Å². The fourth-order valence-corrected chi connectivity index (χ4v) is 6.22. The second-order valence-corrected chi connectivity index (χ2v) is 11.6. The molecule has 264 valence electrons. The second kappa shape index (κ2) is 17.8. The standard InChI is InChI=1S/C28H38O18S/c1-11(29)37-9-19-22(40-14(4)32)24(42-16(6)34)26(27(45-19)44-18(8)36)47-28-25(43-17(7)35)23(41-15(5)33)21(39-13(3)31)20(46-28)10-38-12(2)30/h19-28H,9-10H2,1-8H3/t19-,20-,21-,22-,23+,24+,25-,26-,27-,28-/m1/s1. The first-order valence-electron chi connectivity index (χ1n) is 14.2. The van der Waals surface area contributed by atoms with Crippen LogP contribution >= 0.6 is 11.8 Å². The molecule has 2 saturated heterocycles. The van der Waals surface area contributed by atoms with Gasteiger partial charge >= 0.3 is 47.8 Å². The van der Waals surface area contributed by atoms with Gasteiger partial charge in [-0.2, -0.15) is 0 Å². The third kappa shape index (κ3) is 12.3. The van der Waals surface area contributed by atoms with Crippen molar-refractivity contribution in [3.8, 4) is 0 Å². The Hall–Kier alpha value is -3.97. The molecule has 0 spiro atoms. The summed E-state index contributed by atoms with van der Waals surface area (Å²) >= 11 is 0.689. The zero-order valence-electron chi connectivity index (χ0n) is 26.9. The summed E-state index contributed by atoms with van der Waals surface area (Å²) in [6.07, 6.45) is -11.8. The van der Waals surface area contributed by atoms with Crippen LogP contribution in [-0.4, -0.2) is 121 Å². The molecule has 0 aromatic carbocycles. The summed E-state index contributed by atoms with van der Waals surface area (Å²) in [7, 11) is 0. The van der Waals surface area contributed by atoms with Crippen molar-refractivity contribution in [3.63, 3.8) is 0 Å². The molecule has 0 aromatic heterocycles. The highest BCUT2D eigenvalue weighted by molar-refractivity contribution is 8.00. The van der Waals surface area contributed by atoms with Gasteiger partial charge in [0.2, 0.25) is 6.29 Å². The molecule has 19 heteroatoms. The van der Waals surface area contributed by atoms with Gasteiger partial charge in [0, 0.05) is 55.4 Å². The van der Waals surface area contributed by atoms with Gasteiger partial charge in [0.1, 0.15) is 36.1 Å². The number of thioether (sulfide) groups is 1. The lowest BCUT2D eigenvalue weighted by molar-refractivity contribution is -0.258. The van der Waals surface area contributed by atoms with Gasteiger partial charge in [-0.3, -0.25) is 38.4 Å². The van der Waals surface area contributed by atoms with Crippen molar-refractivity contribution in [2.75, 3.05) is 13.2 Å². The molecule has 0 bridgehead atoms. The van der Waals surface area contributed by atoms with Crippen LogP contribution in [0.5, 0.6) is 0 Å². The molecule has 18 nitrogen and oxygen atoms in total. The van der Waals surface area contributed by atoms with Gasteiger partial charge < -0.3 is 47.4 Å². The average molecular weight is 695 g/mol. The van der Waals surface area contributed by atoms with Crippen molar-refractivity contribution in [1.29, 1.82) is 0 Å². The predicted octanol–water partition coefficient (Wildman–Crippen LogP) is -0.114. The molecule has 0 amide bonds. The number of ether oxygens (including phenoxy) is 10. The molecule has 0 aromatic rings. The fourth-order valence-electron chi connectivity index (χ4n) is 4.73. The Kier molecular flexibility index (Phi) is 14.9. The van der Waals surface area contributed by atoms with E-state index in [2.05, 4.69) is 0 Å². The Bertz CT molecular complexity index is 1200. The number of carbonyl (C=O) groups excluding carboxylic acids is 8. The Morgan fingerprint density at radius 3 is 1.23 bits per heavy atom. The minimum absolute atomic E-state index is 0.515. The van der Waals surface area contributed by atoms with Crippen LogP contribution in [0.4, 0.5) is 0 Å². The van der Waals surface area contributed by atoms with Gasteiger partial charge in [-0.1, -0.05) is 0 Å². The first-order valence-corrected chi connectivity index (χ1v) is 15.1. The summed E-state index contributed by atoms with van der Waals surface area (Å²) in [6.45, 7) is 7.49. The van der Waals surface area contributed by atoms with E-state index in [4.69, 9.17) is 47.4 Å². The molecule has 0 N–H and O–H groups in total. The molecule has 0 unspecified atom stereocenters. The van der Waals surface area contributed by atoms with Crippen molar-refractivity contribution >= 4 is 59.5 Å². The van der Waals surface area contributed by atoms with Gasteiger partial charge in [0.25, 0.3) is 0 Å². The van der Waals surface area contributed by atoms with E-state index in [0.29, 0.717) is 11.8 Å². The highest BCUT2D eigenvalue weighted by atomic mass is 32.2. The van der Waals surface area contributed by atoms with Crippen molar-refractivity contribution < 1.29 is 85.7 Å². The normalized spacial score (nSPS) is 30.0. The number of rotatable bonds is 12. The second-order valence-electron chi connectivity index (χ2n) is 10.3. The Balaban J connectivity index is 2.72. The van der Waals surface area contributed by atoms with Crippen molar-refractivity contribution in [2.24, 2.45) is 0 Å². The third-order valence-corrected chi connectivity index (χ3v) is 7.62. The molecule has 0 radical (unpaired) electrons. The number of hydrogen-bond acceptors (Lipinski definition) is 19. The maximum Gasteiger partial charge on any atom is 0.304 e. The molecule has 2 heterocycles. The molecule has 2 aliphatic rings. The molecule has 10 atom stereocenters. The number of hydrogen-bond donors (Lipinski definition) is 0. The molecule has 0 saturated carbocycles. The quantitative estimate of drug-likeness (QED) is 0.192. The number of carbonyl (C=O) groups is 8. The Morgan fingerprint density at radius 1 is 0.447 bits per heavy atom. The zero-order chi connectivity index (χ0) is 35.6. The Morgan fingerprint density at radius 2 is 0.809 bits per heavy atom. The monoisotopic (exact) mass is 694 g/mol. The molecular weight excluding hydrogens is 656 g/mol. The van der Waals surface area contributed by atoms with Crippen LogP contribution < -0.4 is 0 Å². The Labute approximate surface area is 273 Å². The van der Waals surface area contributed by atoms with Crippen LogP contribution in [0.1, 0.15) is 55.4 Å². The van der Waals surface area contributed by atoms with Gasteiger partial charge in [-0.25, -0.2) is 0 Å². The van der Waals surface area contributed by atoms with Gasteiger partial charge in [0.05, 0.1) is 0 Å². The van der Waals surface area contributed by atoms with Crippen LogP contribution in [-0.2, 0) is 85.7 Å². The topological polar surface area (TPSA) is 229 Å². The maximum atomic E-state index is 12.4. The lowest BCUT2D eigenvalue weighted by atomic mass is 9.99. The van der Waals surface area contributed by atoms with Gasteiger partial charge in [-0.05, 0) is 0 Å². The maximum absolute atomic E-state index is 12.4. The smallest absolute Gasteiger partial charge is 0.304 e. The van der Waals surface area contributed by atoms with Crippen LogP contribution in [0.2, 0.25) is 0 Å².